The average Bonchev–Trinajstić information content (AvgIpc) is 3.39. The molecule has 33 heavy (non-hydrogen) atoms. The number of hydrogen-bond acceptors (Lipinski definition) is 5. The van der Waals surface area contributed by atoms with E-state index in [4.69, 9.17) is 14.6 Å². The first-order valence-corrected chi connectivity index (χ1v) is 11.1. The van der Waals surface area contributed by atoms with Crippen molar-refractivity contribution in [3.63, 3.8) is 0 Å². The van der Waals surface area contributed by atoms with E-state index in [-0.39, 0.29) is 31.6 Å². The molecule has 4 atom stereocenters. The Morgan fingerprint density at radius 3 is 2.24 bits per heavy atom. The van der Waals surface area contributed by atoms with Gasteiger partial charge in [-0.05, 0) is 36.1 Å². The maximum Gasteiger partial charge on any atom is 0.407 e. The number of carboxylic acids is 1. The number of rotatable bonds is 7. The quantitative estimate of drug-likeness (QED) is 0.595. The van der Waals surface area contributed by atoms with Crippen LogP contribution in [0.2, 0.25) is 0 Å². The van der Waals surface area contributed by atoms with Crippen molar-refractivity contribution in [1.82, 2.24) is 10.6 Å². The fourth-order valence-corrected chi connectivity index (χ4v) is 4.42. The van der Waals surface area contributed by atoms with E-state index >= 15 is 0 Å². The van der Waals surface area contributed by atoms with Gasteiger partial charge >= 0.3 is 12.1 Å². The van der Waals surface area contributed by atoms with Gasteiger partial charge in [-0.2, -0.15) is 0 Å². The van der Waals surface area contributed by atoms with Crippen LogP contribution in [-0.4, -0.2) is 55.0 Å². The van der Waals surface area contributed by atoms with Gasteiger partial charge in [-0.15, -0.1) is 0 Å². The minimum absolute atomic E-state index is 0.0552. The van der Waals surface area contributed by atoms with E-state index < -0.39 is 36.0 Å². The maximum absolute atomic E-state index is 12.6. The molecular weight excluding hydrogens is 424 g/mol. The zero-order valence-electron chi connectivity index (χ0n) is 18.6. The van der Waals surface area contributed by atoms with E-state index in [1.54, 1.807) is 6.92 Å². The number of nitrogens with one attached hydrogen (secondary N) is 2. The van der Waals surface area contributed by atoms with Gasteiger partial charge in [0.25, 0.3) is 0 Å². The van der Waals surface area contributed by atoms with Crippen LogP contribution in [-0.2, 0) is 19.1 Å². The van der Waals surface area contributed by atoms with Crippen molar-refractivity contribution in [2.75, 3.05) is 19.8 Å². The molecule has 1 saturated heterocycles. The second kappa shape index (κ2) is 9.62. The Morgan fingerprint density at radius 2 is 1.64 bits per heavy atom. The van der Waals surface area contributed by atoms with Crippen molar-refractivity contribution in [3.05, 3.63) is 59.7 Å². The monoisotopic (exact) mass is 452 g/mol. The molecule has 1 aliphatic heterocycles. The van der Waals surface area contributed by atoms with Gasteiger partial charge in [-0.1, -0.05) is 48.5 Å². The van der Waals surface area contributed by atoms with E-state index in [9.17, 15) is 14.4 Å². The summed E-state index contributed by atoms with van der Waals surface area (Å²) in [6.45, 7) is 3.68. The van der Waals surface area contributed by atoms with Crippen LogP contribution >= 0.6 is 0 Å². The van der Waals surface area contributed by atoms with Crippen molar-refractivity contribution in [1.29, 1.82) is 0 Å². The predicted molar refractivity (Wildman–Crippen MR) is 121 cm³/mol. The smallest absolute Gasteiger partial charge is 0.407 e. The highest BCUT2D eigenvalue weighted by molar-refractivity contribution is 5.82. The molecule has 8 heteroatoms. The summed E-state index contributed by atoms with van der Waals surface area (Å²) in [4.78, 5) is 36.3. The van der Waals surface area contributed by atoms with Crippen molar-refractivity contribution >= 4 is 18.0 Å². The zero-order chi connectivity index (χ0) is 23.5. The summed E-state index contributed by atoms with van der Waals surface area (Å²) in [7, 11) is 0. The van der Waals surface area contributed by atoms with Crippen LogP contribution in [0.15, 0.2) is 48.5 Å². The second-order valence-electron chi connectivity index (χ2n) is 8.64. The molecule has 4 unspecified atom stereocenters. The lowest BCUT2D eigenvalue weighted by Crippen LogP contribution is -2.49. The normalized spacial score (nSPS) is 20.9. The van der Waals surface area contributed by atoms with E-state index in [0.29, 0.717) is 0 Å². The highest BCUT2D eigenvalue weighted by atomic mass is 16.5. The number of hydrogen-bond donors (Lipinski definition) is 3. The topological polar surface area (TPSA) is 114 Å². The first-order valence-electron chi connectivity index (χ1n) is 11.1. The number of amides is 2. The summed E-state index contributed by atoms with van der Waals surface area (Å²) in [5.74, 6) is -2.74. The highest BCUT2D eigenvalue weighted by Crippen LogP contribution is 2.44. The van der Waals surface area contributed by atoms with E-state index in [1.807, 2.05) is 36.4 Å². The van der Waals surface area contributed by atoms with Gasteiger partial charge in [0.05, 0.1) is 31.1 Å². The Hall–Kier alpha value is -3.39. The molecular formula is C25H28N2O6. The van der Waals surface area contributed by atoms with Crippen LogP contribution in [0.3, 0.4) is 0 Å². The van der Waals surface area contributed by atoms with Crippen molar-refractivity contribution in [2.24, 2.45) is 11.8 Å². The molecule has 1 fully saturated rings. The lowest BCUT2D eigenvalue weighted by Gasteiger charge is -2.23. The number of carbonyl (C=O) groups excluding carboxylic acids is 2. The minimum Gasteiger partial charge on any atom is -0.481 e. The fraction of sp³-hybridized carbons (Fsp3) is 0.400. The molecule has 2 aromatic carbocycles. The lowest BCUT2D eigenvalue weighted by atomic mass is 9.98. The maximum atomic E-state index is 12.6. The number of fused-ring (bicyclic) bond motifs is 3. The SMILES string of the molecule is CC(NC(=O)C1COCC1NC(=O)OCC1c2ccccc2-c2ccccc21)C(C)C(=O)O. The molecule has 4 rings (SSSR count). The van der Waals surface area contributed by atoms with Crippen LogP contribution in [0.1, 0.15) is 30.9 Å². The van der Waals surface area contributed by atoms with Crippen LogP contribution in [0.25, 0.3) is 11.1 Å². The number of aliphatic carboxylic acids is 1. The van der Waals surface area contributed by atoms with Gasteiger partial charge in [-0.25, -0.2) is 4.79 Å². The first-order chi connectivity index (χ1) is 15.9. The Kier molecular flexibility index (Phi) is 6.65. The van der Waals surface area contributed by atoms with Crippen LogP contribution in [0, 0.1) is 11.8 Å². The third-order valence-corrected chi connectivity index (χ3v) is 6.57. The van der Waals surface area contributed by atoms with Gasteiger partial charge < -0.3 is 25.2 Å². The fourth-order valence-electron chi connectivity index (χ4n) is 4.42. The summed E-state index contributed by atoms with van der Waals surface area (Å²) < 4.78 is 11.0. The Labute approximate surface area is 192 Å². The number of alkyl carbamates (subject to hydrolysis) is 1. The van der Waals surface area contributed by atoms with Gasteiger partial charge in [-0.3, -0.25) is 9.59 Å². The Morgan fingerprint density at radius 1 is 1.03 bits per heavy atom. The predicted octanol–water partition coefficient (Wildman–Crippen LogP) is 2.77. The number of benzene rings is 2. The number of carboxylic acid groups (broad SMARTS) is 1. The minimum atomic E-state index is -0.987. The second-order valence-corrected chi connectivity index (χ2v) is 8.64. The Balaban J connectivity index is 1.35. The molecule has 3 N–H and O–H groups in total. The van der Waals surface area contributed by atoms with Gasteiger partial charge in [0.2, 0.25) is 5.91 Å². The largest absolute Gasteiger partial charge is 0.481 e. The third-order valence-electron chi connectivity index (χ3n) is 6.57. The highest BCUT2D eigenvalue weighted by Gasteiger charge is 2.37. The van der Waals surface area contributed by atoms with Crippen molar-refractivity contribution < 1.29 is 29.0 Å². The molecule has 2 aliphatic rings. The molecule has 0 aromatic heterocycles. The van der Waals surface area contributed by atoms with Crippen LogP contribution in [0.5, 0.6) is 0 Å². The summed E-state index contributed by atoms with van der Waals surface area (Å²) >= 11 is 0. The van der Waals surface area contributed by atoms with Crippen molar-refractivity contribution in [3.8, 4) is 11.1 Å². The van der Waals surface area contributed by atoms with E-state index in [2.05, 4.69) is 22.8 Å². The van der Waals surface area contributed by atoms with Crippen molar-refractivity contribution in [2.45, 2.75) is 31.8 Å². The average molecular weight is 453 g/mol. The summed E-state index contributed by atoms with van der Waals surface area (Å²) in [6.07, 6.45) is -0.614. The summed E-state index contributed by atoms with van der Waals surface area (Å²) in [5.41, 5.74) is 4.53. The van der Waals surface area contributed by atoms with E-state index in [0.717, 1.165) is 22.3 Å². The van der Waals surface area contributed by atoms with Gasteiger partial charge in [0.15, 0.2) is 0 Å². The number of ether oxygens (including phenoxy) is 2. The molecule has 174 valence electrons. The molecule has 8 nitrogen and oxygen atoms in total. The number of carbonyl (C=O) groups is 3. The lowest BCUT2D eigenvalue weighted by molar-refractivity contribution is -0.142. The summed E-state index contributed by atoms with van der Waals surface area (Å²) in [5, 5.41) is 14.6. The first kappa shape index (κ1) is 22.8. The molecule has 0 saturated carbocycles. The summed E-state index contributed by atoms with van der Waals surface area (Å²) in [6, 6.07) is 15.1. The molecule has 0 bridgehead atoms. The third kappa shape index (κ3) is 4.71. The van der Waals surface area contributed by atoms with E-state index in [1.165, 1.54) is 6.92 Å². The zero-order valence-corrected chi connectivity index (χ0v) is 18.6. The molecule has 2 aromatic rings. The molecule has 1 aliphatic carbocycles. The van der Waals surface area contributed by atoms with Crippen LogP contribution in [0.4, 0.5) is 4.79 Å². The van der Waals surface area contributed by atoms with Gasteiger partial charge in [0, 0.05) is 12.0 Å². The Bertz CT molecular complexity index is 1010. The molecule has 0 spiro atoms. The molecule has 0 radical (unpaired) electrons. The molecule has 2 amide bonds. The van der Waals surface area contributed by atoms with Gasteiger partial charge in [0.1, 0.15) is 6.61 Å². The standard InChI is InChI=1S/C25H28N2O6/c1-14(24(29)30)15(2)26-23(28)21-11-32-13-22(21)27-25(31)33-12-20-18-9-5-3-7-16(18)17-8-4-6-10-19(17)20/h3-10,14-15,20-22H,11-13H2,1-2H3,(H,26,28)(H,27,31)(H,29,30). The molecule has 1 heterocycles. The van der Waals surface area contributed by atoms with Crippen LogP contribution < -0.4 is 10.6 Å².